The average Bonchev–Trinajstić information content (AvgIpc) is 2.47. The highest BCUT2D eigenvalue weighted by molar-refractivity contribution is 5.85. The zero-order valence-corrected chi connectivity index (χ0v) is 12.2. The molecule has 2 aliphatic rings. The number of amides is 1. The van der Waals surface area contributed by atoms with Crippen LogP contribution in [0.25, 0.3) is 0 Å². The number of ether oxygens (including phenoxy) is 1. The summed E-state index contributed by atoms with van der Waals surface area (Å²) in [6.45, 7) is 2.53. The van der Waals surface area contributed by atoms with Crippen LogP contribution in [0.2, 0.25) is 0 Å². The van der Waals surface area contributed by atoms with Crippen LogP contribution in [-0.2, 0) is 16.0 Å². The molecule has 2 atom stereocenters. The van der Waals surface area contributed by atoms with Crippen LogP contribution in [0.4, 0.5) is 0 Å². The van der Waals surface area contributed by atoms with E-state index >= 15 is 0 Å². The molecular formula is C15H21ClN2O2. The molecule has 0 aliphatic carbocycles. The Hall–Kier alpha value is -1.10. The van der Waals surface area contributed by atoms with Crippen molar-refractivity contribution in [1.82, 2.24) is 10.6 Å². The van der Waals surface area contributed by atoms with Crippen LogP contribution in [0.15, 0.2) is 24.3 Å². The second-order valence-corrected chi connectivity index (χ2v) is 5.25. The van der Waals surface area contributed by atoms with E-state index in [1.165, 1.54) is 5.56 Å². The molecule has 0 radical (unpaired) electrons. The first kappa shape index (κ1) is 15.3. The summed E-state index contributed by atoms with van der Waals surface area (Å²) in [5.74, 6) is 0.000787. The van der Waals surface area contributed by atoms with Gasteiger partial charge in [0, 0.05) is 12.6 Å². The molecule has 20 heavy (non-hydrogen) atoms. The van der Waals surface area contributed by atoms with E-state index in [2.05, 4.69) is 16.7 Å². The van der Waals surface area contributed by atoms with Gasteiger partial charge in [-0.1, -0.05) is 24.3 Å². The number of halogens is 1. The number of carbonyl (C=O) groups is 1. The molecule has 5 heteroatoms. The van der Waals surface area contributed by atoms with E-state index in [0.29, 0.717) is 6.61 Å². The molecule has 0 bridgehead atoms. The number of nitrogens with one attached hydrogen (secondary N) is 2. The van der Waals surface area contributed by atoms with Crippen molar-refractivity contribution in [2.24, 2.45) is 0 Å². The summed E-state index contributed by atoms with van der Waals surface area (Å²) in [6.07, 6.45) is 2.62. The van der Waals surface area contributed by atoms with Gasteiger partial charge < -0.3 is 15.4 Å². The average molecular weight is 297 g/mol. The molecule has 3 rings (SSSR count). The molecule has 1 amide bonds. The summed E-state index contributed by atoms with van der Waals surface area (Å²) in [5.41, 5.74) is 2.26. The van der Waals surface area contributed by atoms with Crippen LogP contribution in [0.5, 0.6) is 0 Å². The lowest BCUT2D eigenvalue weighted by atomic mass is 9.96. The van der Waals surface area contributed by atoms with E-state index in [1.54, 1.807) is 0 Å². The monoisotopic (exact) mass is 296 g/mol. The van der Waals surface area contributed by atoms with Crippen molar-refractivity contribution >= 4 is 18.3 Å². The fraction of sp³-hybridized carbons (Fsp3) is 0.533. The SMILES string of the molecule is Cl.O=C(N[C@@H]1CCCNC1)C1OCCc2ccccc21. The maximum absolute atomic E-state index is 12.4. The third-order valence-electron chi connectivity index (χ3n) is 3.87. The smallest absolute Gasteiger partial charge is 0.254 e. The summed E-state index contributed by atoms with van der Waals surface area (Å²) in [4.78, 5) is 12.4. The predicted molar refractivity (Wildman–Crippen MR) is 80.1 cm³/mol. The third kappa shape index (κ3) is 3.32. The van der Waals surface area contributed by atoms with E-state index in [1.807, 2.05) is 18.2 Å². The summed E-state index contributed by atoms with van der Waals surface area (Å²) in [5, 5.41) is 6.41. The Morgan fingerprint density at radius 1 is 1.35 bits per heavy atom. The third-order valence-corrected chi connectivity index (χ3v) is 3.87. The topological polar surface area (TPSA) is 50.4 Å². The molecule has 0 saturated carbocycles. The first-order valence-corrected chi connectivity index (χ1v) is 7.05. The minimum absolute atomic E-state index is 0. The summed E-state index contributed by atoms with van der Waals surface area (Å²) >= 11 is 0. The summed E-state index contributed by atoms with van der Waals surface area (Å²) in [6, 6.07) is 8.30. The maximum atomic E-state index is 12.4. The highest BCUT2D eigenvalue weighted by Gasteiger charge is 2.28. The van der Waals surface area contributed by atoms with Gasteiger partial charge in [-0.25, -0.2) is 0 Å². The van der Waals surface area contributed by atoms with Crippen molar-refractivity contribution in [3.05, 3.63) is 35.4 Å². The van der Waals surface area contributed by atoms with E-state index in [9.17, 15) is 4.79 Å². The number of benzene rings is 1. The van der Waals surface area contributed by atoms with Crippen molar-refractivity contribution in [2.75, 3.05) is 19.7 Å². The predicted octanol–water partition coefficient (Wildman–Crippen LogP) is 1.59. The number of hydrogen-bond donors (Lipinski definition) is 2. The Morgan fingerprint density at radius 3 is 3.00 bits per heavy atom. The van der Waals surface area contributed by atoms with E-state index in [4.69, 9.17) is 4.74 Å². The first-order valence-electron chi connectivity index (χ1n) is 7.05. The van der Waals surface area contributed by atoms with Gasteiger partial charge in [0.1, 0.15) is 0 Å². The number of fused-ring (bicyclic) bond motifs is 1. The fourth-order valence-electron chi connectivity index (χ4n) is 2.86. The fourth-order valence-corrected chi connectivity index (χ4v) is 2.86. The van der Waals surface area contributed by atoms with Crippen molar-refractivity contribution in [1.29, 1.82) is 0 Å². The van der Waals surface area contributed by atoms with E-state index in [0.717, 1.165) is 37.9 Å². The molecule has 1 saturated heterocycles. The standard InChI is InChI=1S/C15H20N2O2.ClH/c18-15(17-12-5-3-8-16-10-12)14-13-6-2-1-4-11(13)7-9-19-14;/h1-2,4,6,12,14,16H,3,5,7-10H2,(H,17,18);1H/t12-,14?;/m1./s1. The Kier molecular flexibility index (Phi) is 5.40. The van der Waals surface area contributed by atoms with Crippen molar-refractivity contribution in [2.45, 2.75) is 31.4 Å². The highest BCUT2D eigenvalue weighted by Crippen LogP contribution is 2.27. The molecule has 4 nitrogen and oxygen atoms in total. The van der Waals surface area contributed by atoms with Crippen molar-refractivity contribution in [3.8, 4) is 0 Å². The van der Waals surface area contributed by atoms with Gasteiger partial charge in [-0.05, 0) is 36.9 Å². The summed E-state index contributed by atoms with van der Waals surface area (Å²) in [7, 11) is 0. The highest BCUT2D eigenvalue weighted by atomic mass is 35.5. The molecule has 2 heterocycles. The number of carbonyl (C=O) groups excluding carboxylic acids is 1. The van der Waals surface area contributed by atoms with Gasteiger partial charge >= 0.3 is 0 Å². The maximum Gasteiger partial charge on any atom is 0.254 e. The second kappa shape index (κ2) is 7.07. The van der Waals surface area contributed by atoms with Gasteiger partial charge in [-0.2, -0.15) is 0 Å². The van der Waals surface area contributed by atoms with Crippen LogP contribution in [-0.4, -0.2) is 31.6 Å². The Morgan fingerprint density at radius 2 is 2.20 bits per heavy atom. The second-order valence-electron chi connectivity index (χ2n) is 5.25. The van der Waals surface area contributed by atoms with Gasteiger partial charge in [0.15, 0.2) is 6.10 Å². The van der Waals surface area contributed by atoms with Gasteiger partial charge in [0.2, 0.25) is 0 Å². The van der Waals surface area contributed by atoms with Gasteiger partial charge in [0.05, 0.1) is 6.61 Å². The molecule has 0 spiro atoms. The lowest BCUT2D eigenvalue weighted by Gasteiger charge is -2.29. The molecule has 1 aromatic carbocycles. The van der Waals surface area contributed by atoms with Gasteiger partial charge in [0.25, 0.3) is 5.91 Å². The molecule has 1 unspecified atom stereocenters. The lowest BCUT2D eigenvalue weighted by molar-refractivity contribution is -0.135. The molecule has 2 N–H and O–H groups in total. The first-order chi connectivity index (χ1) is 9.34. The van der Waals surface area contributed by atoms with E-state index < -0.39 is 6.10 Å². The van der Waals surface area contributed by atoms with Crippen LogP contribution in [0, 0.1) is 0 Å². The zero-order valence-electron chi connectivity index (χ0n) is 11.4. The lowest BCUT2D eigenvalue weighted by Crippen LogP contribution is -2.47. The Labute approximate surface area is 125 Å². The normalized spacial score (nSPS) is 25.2. The van der Waals surface area contributed by atoms with Crippen molar-refractivity contribution in [3.63, 3.8) is 0 Å². The molecule has 2 aliphatic heterocycles. The Bertz CT molecular complexity index is 461. The van der Waals surface area contributed by atoms with E-state index in [-0.39, 0.29) is 24.4 Å². The van der Waals surface area contributed by atoms with Crippen molar-refractivity contribution < 1.29 is 9.53 Å². The van der Waals surface area contributed by atoms with Crippen LogP contribution in [0.3, 0.4) is 0 Å². The van der Waals surface area contributed by atoms with Gasteiger partial charge in [-0.15, -0.1) is 12.4 Å². The molecule has 1 fully saturated rings. The van der Waals surface area contributed by atoms with Crippen LogP contribution in [0.1, 0.15) is 30.1 Å². The number of rotatable bonds is 2. The van der Waals surface area contributed by atoms with Crippen LogP contribution < -0.4 is 10.6 Å². The largest absolute Gasteiger partial charge is 0.363 e. The van der Waals surface area contributed by atoms with Crippen LogP contribution >= 0.6 is 12.4 Å². The minimum Gasteiger partial charge on any atom is -0.363 e. The number of hydrogen-bond acceptors (Lipinski definition) is 3. The molecule has 0 aromatic heterocycles. The quantitative estimate of drug-likeness (QED) is 0.871. The molecule has 1 aromatic rings. The minimum atomic E-state index is -0.438. The van der Waals surface area contributed by atoms with Gasteiger partial charge in [-0.3, -0.25) is 4.79 Å². The summed E-state index contributed by atoms with van der Waals surface area (Å²) < 4.78 is 5.68. The molecular weight excluding hydrogens is 276 g/mol. The molecule has 110 valence electrons. The zero-order chi connectivity index (χ0) is 13.1. The number of piperidine rings is 1. The Balaban J connectivity index is 0.00000147.